The van der Waals surface area contributed by atoms with Gasteiger partial charge < -0.3 is 0 Å². The van der Waals surface area contributed by atoms with Crippen LogP contribution in [-0.4, -0.2) is 20.2 Å². The van der Waals surface area contributed by atoms with Gasteiger partial charge in [0.15, 0.2) is 0 Å². The summed E-state index contributed by atoms with van der Waals surface area (Å²) >= 11 is 0. The molecule has 1 unspecified atom stereocenters. The topological polar surface area (TPSA) is 116 Å². The summed E-state index contributed by atoms with van der Waals surface area (Å²) in [7, 11) is -3.64. The summed E-state index contributed by atoms with van der Waals surface area (Å²) in [6.07, 6.45) is 6.27. The molecule has 1 saturated carbocycles. The molecule has 1 fully saturated rings. The van der Waals surface area contributed by atoms with Crippen LogP contribution in [0, 0.1) is 23.2 Å². The summed E-state index contributed by atoms with van der Waals surface area (Å²) in [6, 6.07) is 7.82. The fourth-order valence-electron chi connectivity index (χ4n) is 3.17. The zero-order chi connectivity index (χ0) is 20.6. The van der Waals surface area contributed by atoms with Crippen LogP contribution in [0.2, 0.25) is 0 Å². The molecule has 1 aromatic rings. The lowest BCUT2D eigenvalue weighted by Crippen LogP contribution is -2.47. The summed E-state index contributed by atoms with van der Waals surface area (Å²) < 4.78 is 23.9. The lowest BCUT2D eigenvalue weighted by molar-refractivity contribution is -0.133. The van der Waals surface area contributed by atoms with Crippen LogP contribution in [0.3, 0.4) is 0 Å². The highest BCUT2D eigenvalue weighted by atomic mass is 32.2. The van der Waals surface area contributed by atoms with E-state index < -0.39 is 15.8 Å². The van der Waals surface area contributed by atoms with Crippen LogP contribution >= 0.6 is 0 Å². The number of nitriles is 1. The molecular formula is C20H25N3O4S. The second-order valence-electron chi connectivity index (χ2n) is 7.04. The van der Waals surface area contributed by atoms with Crippen molar-refractivity contribution in [1.82, 2.24) is 10.9 Å². The van der Waals surface area contributed by atoms with Crippen molar-refractivity contribution in [1.29, 1.82) is 5.26 Å². The van der Waals surface area contributed by atoms with Crippen molar-refractivity contribution in [2.75, 3.05) is 0 Å². The average Bonchev–Trinajstić information content (AvgIpc) is 2.71. The minimum atomic E-state index is -3.64. The fraction of sp³-hybridized carbons (Fsp3) is 0.450. The first-order chi connectivity index (χ1) is 13.3. The molecule has 1 aliphatic carbocycles. The average molecular weight is 404 g/mol. The number of hydrogen-bond donors (Lipinski definition) is 2. The van der Waals surface area contributed by atoms with Crippen molar-refractivity contribution >= 4 is 21.7 Å². The number of rotatable bonds is 6. The minimum Gasteiger partial charge on any atom is -0.273 e. The quantitative estimate of drug-likeness (QED) is 0.559. The number of carbonyl (C=O) groups is 2. The number of benzene rings is 1. The minimum absolute atomic E-state index is 0.0334. The Morgan fingerprint density at radius 3 is 2.43 bits per heavy atom. The van der Waals surface area contributed by atoms with Gasteiger partial charge in [0.1, 0.15) is 0 Å². The molecular weight excluding hydrogens is 378 g/mol. The maximum Gasteiger partial charge on any atom is 0.241 e. The first kappa shape index (κ1) is 21.6. The van der Waals surface area contributed by atoms with Crippen molar-refractivity contribution in [2.45, 2.75) is 50.3 Å². The molecule has 7 nitrogen and oxygen atoms in total. The predicted molar refractivity (Wildman–Crippen MR) is 104 cm³/mol. The highest BCUT2D eigenvalue weighted by Crippen LogP contribution is 2.23. The zero-order valence-electron chi connectivity index (χ0n) is 15.8. The van der Waals surface area contributed by atoms with Gasteiger partial charge >= 0.3 is 0 Å². The van der Waals surface area contributed by atoms with Gasteiger partial charge in [-0.1, -0.05) is 38.3 Å². The number of carbonyl (C=O) groups excluding carboxylic acids is 2. The Kier molecular flexibility index (Phi) is 7.76. The molecule has 0 heterocycles. The Labute approximate surface area is 165 Å². The molecule has 0 spiro atoms. The molecule has 2 amide bonds. The van der Waals surface area contributed by atoms with E-state index in [2.05, 4.69) is 10.9 Å². The van der Waals surface area contributed by atoms with Crippen LogP contribution in [0.5, 0.6) is 0 Å². The van der Waals surface area contributed by atoms with E-state index in [9.17, 15) is 18.0 Å². The van der Waals surface area contributed by atoms with Crippen LogP contribution in [0.1, 0.15) is 44.6 Å². The van der Waals surface area contributed by atoms with Crippen LogP contribution in [0.4, 0.5) is 0 Å². The number of sulfone groups is 1. The highest BCUT2D eigenvalue weighted by molar-refractivity contribution is 7.94. The second-order valence-corrected chi connectivity index (χ2v) is 8.87. The van der Waals surface area contributed by atoms with Gasteiger partial charge in [-0.05, 0) is 37.0 Å². The molecule has 28 heavy (non-hydrogen) atoms. The lowest BCUT2D eigenvalue weighted by atomic mass is 9.89. The van der Waals surface area contributed by atoms with Gasteiger partial charge in [-0.3, -0.25) is 20.4 Å². The van der Waals surface area contributed by atoms with Crippen molar-refractivity contribution in [3.8, 4) is 6.07 Å². The Bertz CT molecular complexity index is 864. The Morgan fingerprint density at radius 1 is 1.18 bits per heavy atom. The number of amides is 2. The fourth-order valence-corrected chi connectivity index (χ4v) is 4.09. The van der Waals surface area contributed by atoms with Gasteiger partial charge in [0, 0.05) is 23.3 Å². The van der Waals surface area contributed by atoms with Crippen LogP contribution < -0.4 is 10.9 Å². The largest absolute Gasteiger partial charge is 0.273 e. The maximum atomic E-state index is 12.2. The molecule has 1 atom stereocenters. The van der Waals surface area contributed by atoms with E-state index >= 15 is 0 Å². The SMILES string of the molecule is CC(Cc1ccc(S(=O)(=O)/C=C/C#N)cc1)C(=O)NNC(=O)C1CCCCC1. The molecule has 8 heteroatoms. The standard InChI is InChI=1S/C20H25N3O4S/c1-15(19(24)22-23-20(25)17-6-3-2-4-7-17)14-16-8-10-18(11-9-16)28(26,27)13-5-12-21/h5,8-11,13,15,17H,2-4,6-7,14H2,1H3,(H,22,24)(H,23,25)/b13-5+. The number of hydrazine groups is 1. The molecule has 1 aromatic carbocycles. The highest BCUT2D eigenvalue weighted by Gasteiger charge is 2.22. The Hall–Kier alpha value is -2.66. The van der Waals surface area contributed by atoms with Crippen molar-refractivity contribution in [3.05, 3.63) is 41.3 Å². The van der Waals surface area contributed by atoms with Crippen LogP contribution in [0.15, 0.2) is 40.6 Å². The molecule has 150 valence electrons. The van der Waals surface area contributed by atoms with Crippen LogP contribution in [-0.2, 0) is 25.8 Å². The van der Waals surface area contributed by atoms with E-state index in [4.69, 9.17) is 5.26 Å². The Balaban J connectivity index is 1.87. The molecule has 0 radical (unpaired) electrons. The maximum absolute atomic E-state index is 12.2. The smallest absolute Gasteiger partial charge is 0.241 e. The second kappa shape index (κ2) is 10.0. The van der Waals surface area contributed by atoms with Gasteiger partial charge in [0.2, 0.25) is 21.7 Å². The summed E-state index contributed by atoms with van der Waals surface area (Å²) in [6.45, 7) is 1.74. The third-order valence-corrected chi connectivity index (χ3v) is 6.27. The van der Waals surface area contributed by atoms with Gasteiger partial charge in [-0.15, -0.1) is 0 Å². The molecule has 2 rings (SSSR count). The van der Waals surface area contributed by atoms with E-state index in [-0.39, 0.29) is 22.6 Å². The predicted octanol–water partition coefficient (Wildman–Crippen LogP) is 2.40. The Morgan fingerprint density at radius 2 is 1.82 bits per heavy atom. The van der Waals surface area contributed by atoms with E-state index in [0.29, 0.717) is 6.42 Å². The number of allylic oxidation sites excluding steroid dienone is 1. The van der Waals surface area contributed by atoms with Gasteiger partial charge in [-0.25, -0.2) is 8.42 Å². The third kappa shape index (κ3) is 6.20. The lowest BCUT2D eigenvalue weighted by Gasteiger charge is -2.21. The first-order valence-electron chi connectivity index (χ1n) is 9.33. The van der Waals surface area contributed by atoms with Crippen molar-refractivity contribution < 1.29 is 18.0 Å². The van der Waals surface area contributed by atoms with Crippen molar-refractivity contribution in [3.63, 3.8) is 0 Å². The molecule has 0 bridgehead atoms. The zero-order valence-corrected chi connectivity index (χ0v) is 16.7. The van der Waals surface area contributed by atoms with E-state index in [1.165, 1.54) is 12.1 Å². The summed E-state index contributed by atoms with van der Waals surface area (Å²) in [5.41, 5.74) is 5.80. The summed E-state index contributed by atoms with van der Waals surface area (Å²) in [4.78, 5) is 24.4. The molecule has 2 N–H and O–H groups in total. The summed E-state index contributed by atoms with van der Waals surface area (Å²) in [5.74, 6) is -0.862. The molecule has 0 aromatic heterocycles. The number of nitrogens with one attached hydrogen (secondary N) is 2. The summed E-state index contributed by atoms with van der Waals surface area (Å²) in [5, 5.41) is 9.31. The van der Waals surface area contributed by atoms with Gasteiger partial charge in [0.25, 0.3) is 0 Å². The van der Waals surface area contributed by atoms with E-state index in [1.54, 1.807) is 25.1 Å². The van der Waals surface area contributed by atoms with Crippen LogP contribution in [0.25, 0.3) is 0 Å². The monoisotopic (exact) mass is 403 g/mol. The number of hydrogen-bond acceptors (Lipinski definition) is 5. The normalized spacial score (nSPS) is 16.3. The molecule has 0 saturated heterocycles. The third-order valence-electron chi connectivity index (χ3n) is 4.85. The molecule has 0 aliphatic heterocycles. The van der Waals surface area contributed by atoms with Gasteiger partial charge in [0.05, 0.1) is 11.0 Å². The van der Waals surface area contributed by atoms with Crippen molar-refractivity contribution in [2.24, 2.45) is 11.8 Å². The number of nitrogens with zero attached hydrogens (tertiary/aromatic N) is 1. The van der Waals surface area contributed by atoms with Gasteiger partial charge in [-0.2, -0.15) is 5.26 Å². The molecule has 1 aliphatic rings. The first-order valence-corrected chi connectivity index (χ1v) is 10.9. The van der Waals surface area contributed by atoms with E-state index in [1.807, 2.05) is 0 Å². The van der Waals surface area contributed by atoms with E-state index in [0.717, 1.165) is 49.2 Å².